The molecule has 0 saturated carbocycles. The molecule has 17 heavy (non-hydrogen) atoms. The molecule has 0 aliphatic rings. The second-order valence-corrected chi connectivity index (χ2v) is 6.01. The summed E-state index contributed by atoms with van der Waals surface area (Å²) >= 11 is 0. The molecule has 0 aromatic rings. The largest absolute Gasteiger partial charge is 0.396 e. The fourth-order valence-corrected chi connectivity index (χ4v) is 2.91. The first-order valence-corrected chi connectivity index (χ1v) is 7.52. The van der Waals surface area contributed by atoms with Crippen molar-refractivity contribution in [3.63, 3.8) is 0 Å². The highest BCUT2D eigenvalue weighted by Gasteiger charge is 2.20. The monoisotopic (exact) mass is 266 g/mol. The molecule has 0 heterocycles. The number of sulfone groups is 1. The van der Waals surface area contributed by atoms with Crippen LogP contribution in [0.3, 0.4) is 0 Å². The molecule has 0 fully saturated rings. The summed E-state index contributed by atoms with van der Waals surface area (Å²) in [4.78, 5) is 11.3. The van der Waals surface area contributed by atoms with Gasteiger partial charge in [-0.25, -0.2) is 8.42 Å². The quantitative estimate of drug-likeness (QED) is 0.492. The van der Waals surface area contributed by atoms with Gasteiger partial charge in [0, 0.05) is 19.2 Å². The van der Waals surface area contributed by atoms with Crippen molar-refractivity contribution in [1.82, 2.24) is 10.6 Å². The summed E-state index contributed by atoms with van der Waals surface area (Å²) < 4.78 is 23.3. The molecule has 3 N–H and O–H groups in total. The molecular formula is C10H22N2O4S. The molecule has 0 aromatic carbocycles. The fraction of sp³-hybridized carbons (Fsp3) is 0.900. The van der Waals surface area contributed by atoms with Gasteiger partial charge in [0.25, 0.3) is 0 Å². The number of aliphatic hydroxyl groups excluding tert-OH is 1. The van der Waals surface area contributed by atoms with E-state index < -0.39 is 21.5 Å². The van der Waals surface area contributed by atoms with Crippen LogP contribution in [-0.2, 0) is 14.6 Å². The standard InChI is InChI=1S/C10H22N2O4S/c1-3-5-12-10(14)8-17(15,16)7-9(11-2)4-6-13/h9,11,13H,3-8H2,1-2H3,(H,12,14). The van der Waals surface area contributed by atoms with Crippen LogP contribution in [0.1, 0.15) is 19.8 Å². The first-order chi connectivity index (χ1) is 7.95. The number of nitrogens with one attached hydrogen (secondary N) is 2. The lowest BCUT2D eigenvalue weighted by atomic mass is 10.2. The molecule has 0 bridgehead atoms. The van der Waals surface area contributed by atoms with E-state index in [1.54, 1.807) is 7.05 Å². The lowest BCUT2D eigenvalue weighted by molar-refractivity contribution is -0.118. The van der Waals surface area contributed by atoms with E-state index in [0.29, 0.717) is 13.0 Å². The number of carbonyl (C=O) groups excluding carboxylic acids is 1. The van der Waals surface area contributed by atoms with Gasteiger partial charge >= 0.3 is 0 Å². The summed E-state index contributed by atoms with van der Waals surface area (Å²) in [6.45, 7) is 2.30. The van der Waals surface area contributed by atoms with Gasteiger partial charge < -0.3 is 15.7 Å². The number of hydrogen-bond acceptors (Lipinski definition) is 5. The second-order valence-electron chi connectivity index (χ2n) is 3.90. The van der Waals surface area contributed by atoms with E-state index in [9.17, 15) is 13.2 Å². The minimum absolute atomic E-state index is 0.0803. The van der Waals surface area contributed by atoms with Crippen molar-refractivity contribution in [3.8, 4) is 0 Å². The zero-order chi connectivity index (χ0) is 13.3. The maximum atomic E-state index is 11.7. The maximum absolute atomic E-state index is 11.7. The third-order valence-corrected chi connectivity index (χ3v) is 3.88. The van der Waals surface area contributed by atoms with E-state index in [-0.39, 0.29) is 18.4 Å². The minimum Gasteiger partial charge on any atom is -0.396 e. The van der Waals surface area contributed by atoms with Crippen LogP contribution in [0.5, 0.6) is 0 Å². The number of carbonyl (C=O) groups is 1. The predicted octanol–water partition coefficient (Wildman–Crippen LogP) is -1.10. The Morgan fingerprint density at radius 3 is 2.53 bits per heavy atom. The van der Waals surface area contributed by atoms with E-state index >= 15 is 0 Å². The van der Waals surface area contributed by atoms with Crippen molar-refractivity contribution in [2.45, 2.75) is 25.8 Å². The average Bonchev–Trinajstić information content (AvgIpc) is 2.24. The minimum atomic E-state index is -3.43. The number of hydrogen-bond donors (Lipinski definition) is 3. The Morgan fingerprint density at radius 2 is 2.06 bits per heavy atom. The number of rotatable bonds is 9. The zero-order valence-corrected chi connectivity index (χ0v) is 11.2. The van der Waals surface area contributed by atoms with Crippen molar-refractivity contribution in [1.29, 1.82) is 0 Å². The highest BCUT2D eigenvalue weighted by atomic mass is 32.2. The summed E-state index contributed by atoms with van der Waals surface area (Å²) in [5, 5.41) is 14.1. The molecule has 7 heteroatoms. The van der Waals surface area contributed by atoms with Crippen LogP contribution in [0.4, 0.5) is 0 Å². The molecule has 1 amide bonds. The molecular weight excluding hydrogens is 244 g/mol. The van der Waals surface area contributed by atoms with E-state index in [1.807, 2.05) is 6.92 Å². The van der Waals surface area contributed by atoms with E-state index in [1.165, 1.54) is 0 Å². The normalized spacial score (nSPS) is 13.4. The van der Waals surface area contributed by atoms with Crippen molar-refractivity contribution < 1.29 is 18.3 Å². The van der Waals surface area contributed by atoms with Gasteiger partial charge in [-0.2, -0.15) is 0 Å². The van der Waals surface area contributed by atoms with E-state index in [2.05, 4.69) is 10.6 Å². The number of aliphatic hydroxyl groups is 1. The molecule has 1 unspecified atom stereocenters. The lowest BCUT2D eigenvalue weighted by Gasteiger charge is -2.14. The Morgan fingerprint density at radius 1 is 1.41 bits per heavy atom. The second kappa shape index (κ2) is 8.43. The molecule has 0 saturated heterocycles. The third-order valence-electron chi connectivity index (χ3n) is 2.26. The van der Waals surface area contributed by atoms with Gasteiger partial charge in [-0.1, -0.05) is 6.92 Å². The van der Waals surface area contributed by atoms with Crippen LogP contribution in [0, 0.1) is 0 Å². The molecule has 0 aromatic heterocycles. The molecule has 0 rings (SSSR count). The maximum Gasteiger partial charge on any atom is 0.235 e. The molecule has 0 radical (unpaired) electrons. The first-order valence-electron chi connectivity index (χ1n) is 5.70. The summed E-state index contributed by atoms with van der Waals surface area (Å²) in [5.74, 6) is -1.09. The van der Waals surface area contributed by atoms with Crippen LogP contribution >= 0.6 is 0 Å². The molecule has 6 nitrogen and oxygen atoms in total. The van der Waals surface area contributed by atoms with Crippen LogP contribution in [0.15, 0.2) is 0 Å². The smallest absolute Gasteiger partial charge is 0.235 e. The molecule has 102 valence electrons. The van der Waals surface area contributed by atoms with Crippen LogP contribution in [-0.4, -0.2) is 57.2 Å². The predicted molar refractivity (Wildman–Crippen MR) is 66.5 cm³/mol. The van der Waals surface area contributed by atoms with Gasteiger partial charge in [0.15, 0.2) is 9.84 Å². The Hall–Kier alpha value is -0.660. The topological polar surface area (TPSA) is 95.5 Å². The summed E-state index contributed by atoms with van der Waals surface area (Å²) in [5.41, 5.74) is 0. The Bertz CT molecular complexity index is 316. The van der Waals surface area contributed by atoms with Gasteiger partial charge in [-0.05, 0) is 19.9 Å². The molecule has 1 atom stereocenters. The van der Waals surface area contributed by atoms with E-state index in [4.69, 9.17) is 5.11 Å². The van der Waals surface area contributed by atoms with Gasteiger partial charge in [-0.15, -0.1) is 0 Å². The van der Waals surface area contributed by atoms with E-state index in [0.717, 1.165) is 6.42 Å². The van der Waals surface area contributed by atoms with Gasteiger partial charge in [0.1, 0.15) is 5.75 Å². The Balaban J connectivity index is 4.22. The van der Waals surface area contributed by atoms with Crippen molar-refractivity contribution in [3.05, 3.63) is 0 Å². The molecule has 0 aliphatic heterocycles. The van der Waals surface area contributed by atoms with Crippen molar-refractivity contribution in [2.75, 3.05) is 31.7 Å². The van der Waals surface area contributed by atoms with Gasteiger partial charge in [0.05, 0.1) is 5.75 Å². The fourth-order valence-electron chi connectivity index (χ4n) is 1.35. The zero-order valence-electron chi connectivity index (χ0n) is 10.4. The Labute approximate surface area is 103 Å². The van der Waals surface area contributed by atoms with Crippen molar-refractivity contribution in [2.24, 2.45) is 0 Å². The van der Waals surface area contributed by atoms with Gasteiger partial charge in [0.2, 0.25) is 5.91 Å². The summed E-state index contributed by atoms with van der Waals surface area (Å²) in [7, 11) is -1.80. The number of amides is 1. The van der Waals surface area contributed by atoms with Crippen LogP contribution < -0.4 is 10.6 Å². The molecule has 0 spiro atoms. The van der Waals surface area contributed by atoms with Gasteiger partial charge in [-0.3, -0.25) is 4.79 Å². The first kappa shape index (κ1) is 16.3. The summed E-state index contributed by atoms with van der Waals surface area (Å²) in [6.07, 6.45) is 1.13. The lowest BCUT2D eigenvalue weighted by Crippen LogP contribution is -2.38. The van der Waals surface area contributed by atoms with Crippen molar-refractivity contribution >= 4 is 15.7 Å². The van der Waals surface area contributed by atoms with Crippen LogP contribution in [0.2, 0.25) is 0 Å². The highest BCUT2D eigenvalue weighted by molar-refractivity contribution is 7.92. The highest BCUT2D eigenvalue weighted by Crippen LogP contribution is 1.99. The average molecular weight is 266 g/mol. The molecule has 0 aliphatic carbocycles. The third kappa shape index (κ3) is 8.12. The summed E-state index contributed by atoms with van der Waals surface area (Å²) in [6, 6.07) is -0.316. The SMILES string of the molecule is CCCNC(=O)CS(=O)(=O)CC(CCO)NC. The Kier molecular flexibility index (Phi) is 8.11. The van der Waals surface area contributed by atoms with Crippen LogP contribution in [0.25, 0.3) is 0 Å².